The van der Waals surface area contributed by atoms with Crippen LogP contribution in [0.2, 0.25) is 0 Å². The fraction of sp³-hybridized carbons (Fsp3) is 0.412. The van der Waals surface area contributed by atoms with Gasteiger partial charge in [-0.1, -0.05) is 30.3 Å². The van der Waals surface area contributed by atoms with Crippen LogP contribution in [-0.2, 0) is 13.6 Å². The fourth-order valence-corrected chi connectivity index (χ4v) is 6.61. The van der Waals surface area contributed by atoms with E-state index in [0.717, 1.165) is 16.7 Å². The van der Waals surface area contributed by atoms with Crippen LogP contribution < -0.4 is 20.4 Å². The molecule has 1 aliphatic heterocycles. The summed E-state index contributed by atoms with van der Waals surface area (Å²) in [6.07, 6.45) is 3.86. The SMILES string of the molecule is C[C@@H]1N(c2nc(N[C@H]3CC[C@H](N(C(=O)NCc4ccccc4)c4ccc(-c5cnn(C)c5)cn4)CC3)ncc2C#N)CC[C@@]1(O)C(F)(F)F. The Morgan fingerprint density at radius 2 is 1.84 bits per heavy atom. The van der Waals surface area contributed by atoms with Gasteiger partial charge in [0.2, 0.25) is 5.95 Å². The van der Waals surface area contributed by atoms with Crippen molar-refractivity contribution < 1.29 is 23.1 Å². The van der Waals surface area contributed by atoms with E-state index < -0.39 is 24.2 Å². The zero-order valence-corrected chi connectivity index (χ0v) is 27.1. The predicted octanol–water partition coefficient (Wildman–Crippen LogP) is 5.18. The Morgan fingerprint density at radius 1 is 1.08 bits per heavy atom. The second-order valence-corrected chi connectivity index (χ2v) is 12.6. The summed E-state index contributed by atoms with van der Waals surface area (Å²) in [5.74, 6) is 0.744. The maximum absolute atomic E-state index is 13.7. The number of carbonyl (C=O) groups is 1. The molecule has 1 saturated carbocycles. The van der Waals surface area contributed by atoms with E-state index >= 15 is 0 Å². The van der Waals surface area contributed by atoms with Crippen LogP contribution in [0.15, 0.2) is 67.3 Å². The predicted molar refractivity (Wildman–Crippen MR) is 176 cm³/mol. The molecule has 3 N–H and O–H groups in total. The molecule has 0 spiro atoms. The molecular weight excluding hydrogens is 637 g/mol. The standard InChI is InChI=1S/C34H37F3N10O2/c1-22-33(49,34(35,36)37)14-15-46(22)30-25(16-38)19-40-31(44-30)43-27-9-11-28(12-10-27)47(32(48)41-17-23-6-4-3-5-7-23)29-13-8-24(18-39-29)26-20-42-45(2)21-26/h3-8,13,18-22,27-28,49H,9-12,14-15,17H2,1-2H3,(H,41,48)(H,40,43,44)/t22-,27-,28-,33-/m0/s1. The van der Waals surface area contributed by atoms with E-state index in [-0.39, 0.29) is 42.0 Å². The lowest BCUT2D eigenvalue weighted by Gasteiger charge is -2.36. The van der Waals surface area contributed by atoms with Crippen LogP contribution in [0.3, 0.4) is 0 Å². The first-order chi connectivity index (χ1) is 23.5. The molecule has 1 aliphatic carbocycles. The van der Waals surface area contributed by atoms with Gasteiger partial charge in [-0.15, -0.1) is 0 Å². The number of hydrogen-bond donors (Lipinski definition) is 3. The van der Waals surface area contributed by atoms with Crippen molar-refractivity contribution in [2.24, 2.45) is 7.05 Å². The van der Waals surface area contributed by atoms with Gasteiger partial charge in [0.05, 0.1) is 18.4 Å². The molecule has 4 heterocycles. The molecule has 0 unspecified atom stereocenters. The largest absolute Gasteiger partial charge is 0.419 e. The number of aryl methyl sites for hydroxylation is 1. The van der Waals surface area contributed by atoms with Crippen LogP contribution in [0.1, 0.15) is 50.2 Å². The lowest BCUT2D eigenvalue weighted by atomic mass is 9.90. The summed E-state index contributed by atoms with van der Waals surface area (Å²) >= 11 is 0. The van der Waals surface area contributed by atoms with E-state index in [1.54, 1.807) is 22.0 Å². The number of nitrogens with zero attached hydrogens (tertiary/aromatic N) is 8. The first-order valence-electron chi connectivity index (χ1n) is 16.1. The lowest BCUT2D eigenvalue weighted by Crippen LogP contribution is -2.53. The van der Waals surface area contributed by atoms with Gasteiger partial charge in [0, 0.05) is 62.2 Å². The fourth-order valence-electron chi connectivity index (χ4n) is 6.61. The number of urea groups is 1. The van der Waals surface area contributed by atoms with Crippen LogP contribution in [-0.4, -0.2) is 72.3 Å². The monoisotopic (exact) mass is 674 g/mol. The Balaban J connectivity index is 1.16. The number of halogens is 3. The molecular formula is C34H37F3N10O2. The molecule has 0 radical (unpaired) electrons. The number of anilines is 3. The van der Waals surface area contributed by atoms with Gasteiger partial charge >= 0.3 is 12.2 Å². The van der Waals surface area contributed by atoms with Crippen LogP contribution in [0.25, 0.3) is 11.1 Å². The first-order valence-corrected chi connectivity index (χ1v) is 16.1. The third-order valence-corrected chi connectivity index (χ3v) is 9.48. The van der Waals surface area contributed by atoms with Crippen molar-refractivity contribution in [2.45, 2.75) is 75.5 Å². The third-order valence-electron chi connectivity index (χ3n) is 9.48. The summed E-state index contributed by atoms with van der Waals surface area (Å²) in [5.41, 5.74) is -0.133. The average Bonchev–Trinajstić information content (AvgIpc) is 3.68. The van der Waals surface area contributed by atoms with Crippen molar-refractivity contribution in [3.63, 3.8) is 0 Å². The second-order valence-electron chi connectivity index (χ2n) is 12.6. The Labute approximate surface area is 281 Å². The van der Waals surface area contributed by atoms with Gasteiger partial charge < -0.3 is 20.6 Å². The Bertz CT molecular complexity index is 1800. The van der Waals surface area contributed by atoms with Crippen molar-refractivity contribution >= 4 is 23.6 Å². The van der Waals surface area contributed by atoms with Gasteiger partial charge in [-0.3, -0.25) is 9.58 Å². The van der Waals surface area contributed by atoms with Crippen LogP contribution in [0.5, 0.6) is 0 Å². The van der Waals surface area contributed by atoms with Crippen LogP contribution in [0.4, 0.5) is 35.5 Å². The summed E-state index contributed by atoms with van der Waals surface area (Å²) < 4.78 is 42.8. The third kappa shape index (κ3) is 7.00. The summed E-state index contributed by atoms with van der Waals surface area (Å²) in [6, 6.07) is 13.5. The minimum Gasteiger partial charge on any atom is -0.379 e. The topological polar surface area (TPSA) is 148 Å². The first kappa shape index (κ1) is 33.7. The number of aliphatic hydroxyl groups is 1. The molecule has 2 amide bonds. The summed E-state index contributed by atoms with van der Waals surface area (Å²) in [6.45, 7) is 1.52. The number of rotatable bonds is 8. The highest BCUT2D eigenvalue weighted by atomic mass is 19.4. The van der Waals surface area contributed by atoms with E-state index in [1.165, 1.54) is 18.0 Å². The van der Waals surface area contributed by atoms with E-state index in [4.69, 9.17) is 0 Å². The van der Waals surface area contributed by atoms with E-state index in [2.05, 4.69) is 30.7 Å². The summed E-state index contributed by atoms with van der Waals surface area (Å²) in [7, 11) is 1.84. The molecule has 0 bridgehead atoms. The molecule has 49 heavy (non-hydrogen) atoms. The lowest BCUT2D eigenvalue weighted by molar-refractivity contribution is -0.260. The van der Waals surface area contributed by atoms with Crippen molar-refractivity contribution in [1.29, 1.82) is 5.26 Å². The van der Waals surface area contributed by atoms with E-state index in [0.29, 0.717) is 38.0 Å². The molecule has 12 nitrogen and oxygen atoms in total. The maximum Gasteiger partial charge on any atom is 0.419 e. The molecule has 4 aromatic rings. The number of pyridine rings is 1. The van der Waals surface area contributed by atoms with Crippen LogP contribution in [0, 0.1) is 11.3 Å². The van der Waals surface area contributed by atoms with Crippen molar-refractivity contribution in [3.8, 4) is 17.2 Å². The number of nitriles is 1. The number of benzene rings is 1. The number of alkyl halides is 3. The molecule has 2 aliphatic rings. The molecule has 3 aromatic heterocycles. The maximum atomic E-state index is 13.7. The van der Waals surface area contributed by atoms with Gasteiger partial charge in [-0.05, 0) is 50.3 Å². The van der Waals surface area contributed by atoms with Gasteiger partial charge in [0.25, 0.3) is 0 Å². The molecule has 15 heteroatoms. The second kappa shape index (κ2) is 13.7. The quantitative estimate of drug-likeness (QED) is 0.230. The van der Waals surface area contributed by atoms with Crippen molar-refractivity contribution in [3.05, 3.63) is 78.4 Å². The van der Waals surface area contributed by atoms with E-state index in [9.17, 15) is 28.3 Å². The minimum atomic E-state index is -4.83. The van der Waals surface area contributed by atoms with E-state index in [1.807, 2.05) is 61.8 Å². The van der Waals surface area contributed by atoms with Crippen molar-refractivity contribution in [1.82, 2.24) is 30.0 Å². The number of aromatic nitrogens is 5. The van der Waals surface area contributed by atoms with Gasteiger partial charge in [0.1, 0.15) is 17.5 Å². The highest BCUT2D eigenvalue weighted by molar-refractivity contribution is 5.91. The zero-order chi connectivity index (χ0) is 34.8. The number of nitrogens with one attached hydrogen (secondary N) is 2. The minimum absolute atomic E-state index is 0.0201. The zero-order valence-electron chi connectivity index (χ0n) is 27.1. The average molecular weight is 675 g/mol. The van der Waals surface area contributed by atoms with Gasteiger partial charge in [0.15, 0.2) is 11.4 Å². The molecule has 1 saturated heterocycles. The highest BCUT2D eigenvalue weighted by Crippen LogP contribution is 2.44. The Hall–Kier alpha value is -5.23. The highest BCUT2D eigenvalue weighted by Gasteiger charge is 2.62. The number of amides is 2. The van der Waals surface area contributed by atoms with Gasteiger partial charge in [-0.25, -0.2) is 14.8 Å². The molecule has 2 fully saturated rings. The Morgan fingerprint density at radius 3 is 2.45 bits per heavy atom. The molecule has 1 aromatic carbocycles. The Kier molecular flexibility index (Phi) is 9.42. The van der Waals surface area contributed by atoms with Crippen LogP contribution >= 0.6 is 0 Å². The molecule has 6 rings (SSSR count). The molecule has 2 atom stereocenters. The summed E-state index contributed by atoms with van der Waals surface area (Å²) in [4.78, 5) is 30.1. The molecule has 256 valence electrons. The van der Waals surface area contributed by atoms with Gasteiger partial charge in [-0.2, -0.15) is 28.5 Å². The van der Waals surface area contributed by atoms with Crippen molar-refractivity contribution in [2.75, 3.05) is 21.7 Å². The normalized spacial score (nSPS) is 22.4. The number of carbonyl (C=O) groups excluding carboxylic acids is 1. The smallest absolute Gasteiger partial charge is 0.379 e. The number of hydrogen-bond acceptors (Lipinski definition) is 9. The summed E-state index contributed by atoms with van der Waals surface area (Å²) in [5, 5.41) is 30.6.